The summed E-state index contributed by atoms with van der Waals surface area (Å²) in [4.78, 5) is 19.2. The number of halogens is 2. The Morgan fingerprint density at radius 3 is 2.20 bits per heavy atom. The van der Waals surface area contributed by atoms with Crippen LogP contribution in [0.15, 0.2) is 0 Å². The van der Waals surface area contributed by atoms with Crippen LogP contribution in [-0.4, -0.2) is 98.8 Å². The molecule has 6 nitrogen and oxygen atoms in total. The predicted octanol–water partition coefficient (Wildman–Crippen LogP) is 1.08. The number of likely N-dealkylation sites (tertiary alicyclic amines) is 1. The highest BCUT2D eigenvalue weighted by atomic mass is 35.5. The lowest BCUT2D eigenvalue weighted by Gasteiger charge is -2.36. The first-order valence-corrected chi connectivity index (χ1v) is 9.07. The zero-order valence-corrected chi connectivity index (χ0v) is 17.5. The number of methoxy groups -OCH3 is 1. The summed E-state index contributed by atoms with van der Waals surface area (Å²) in [7, 11) is 1.67. The Morgan fingerprint density at radius 1 is 1.04 bits per heavy atom. The third kappa shape index (κ3) is 7.97. The van der Waals surface area contributed by atoms with Crippen molar-refractivity contribution < 1.29 is 9.53 Å². The summed E-state index contributed by atoms with van der Waals surface area (Å²) in [6, 6.07) is 1.46. The number of amides is 1. The van der Waals surface area contributed by atoms with Gasteiger partial charge < -0.3 is 15.0 Å². The molecule has 0 aromatic carbocycles. The van der Waals surface area contributed by atoms with Crippen LogP contribution in [0.25, 0.3) is 0 Å². The molecular formula is C17H36Cl2N4O2. The van der Waals surface area contributed by atoms with Crippen molar-refractivity contribution in [2.45, 2.75) is 38.8 Å². The maximum atomic E-state index is 12.1. The van der Waals surface area contributed by atoms with Gasteiger partial charge in [-0.25, -0.2) is 0 Å². The summed E-state index contributed by atoms with van der Waals surface area (Å²) < 4.78 is 4.97. The molecular weight excluding hydrogens is 363 g/mol. The van der Waals surface area contributed by atoms with Crippen molar-refractivity contribution in [1.29, 1.82) is 0 Å². The standard InChI is InChI=1S/C17H34N4O2.2ClH/c1-15-4-5-16(2)21(15)12-9-19-7-10-20(11-8-19)17(22)14-18-6-13-23-3;;/h15-16,18H,4-14H2,1-3H3;2*1H. The SMILES string of the molecule is COCCNCC(=O)N1CCN(CCN2C(C)CCC2C)CC1.Cl.Cl. The van der Waals surface area contributed by atoms with E-state index >= 15 is 0 Å². The fourth-order valence-electron chi connectivity index (χ4n) is 3.65. The predicted molar refractivity (Wildman–Crippen MR) is 107 cm³/mol. The van der Waals surface area contributed by atoms with Crippen molar-refractivity contribution in [2.24, 2.45) is 0 Å². The molecule has 0 aromatic heterocycles. The molecule has 150 valence electrons. The average Bonchev–Trinajstić information content (AvgIpc) is 2.88. The van der Waals surface area contributed by atoms with Crippen LogP contribution >= 0.6 is 24.8 Å². The number of rotatable bonds is 8. The Kier molecular flexibility index (Phi) is 13.1. The second kappa shape index (κ2) is 13.1. The summed E-state index contributed by atoms with van der Waals surface area (Å²) in [5.41, 5.74) is 0. The van der Waals surface area contributed by atoms with Crippen LogP contribution in [0.5, 0.6) is 0 Å². The first-order valence-electron chi connectivity index (χ1n) is 9.07. The van der Waals surface area contributed by atoms with Crippen LogP contribution < -0.4 is 5.32 Å². The van der Waals surface area contributed by atoms with Crippen LogP contribution in [0.3, 0.4) is 0 Å². The van der Waals surface area contributed by atoms with E-state index in [0.29, 0.717) is 13.2 Å². The fraction of sp³-hybridized carbons (Fsp3) is 0.941. The fourth-order valence-corrected chi connectivity index (χ4v) is 3.65. The van der Waals surface area contributed by atoms with Crippen LogP contribution in [0.2, 0.25) is 0 Å². The molecule has 0 spiro atoms. The van der Waals surface area contributed by atoms with Gasteiger partial charge in [-0.2, -0.15) is 0 Å². The smallest absolute Gasteiger partial charge is 0.236 e. The van der Waals surface area contributed by atoms with Gasteiger partial charge in [0.2, 0.25) is 5.91 Å². The molecule has 2 heterocycles. The quantitative estimate of drug-likeness (QED) is 0.619. The van der Waals surface area contributed by atoms with Gasteiger partial charge in [0.15, 0.2) is 0 Å². The molecule has 0 radical (unpaired) electrons. The van der Waals surface area contributed by atoms with E-state index in [1.54, 1.807) is 7.11 Å². The van der Waals surface area contributed by atoms with E-state index in [2.05, 4.69) is 29.0 Å². The third-order valence-corrected chi connectivity index (χ3v) is 5.29. The van der Waals surface area contributed by atoms with E-state index in [1.165, 1.54) is 12.8 Å². The zero-order chi connectivity index (χ0) is 16.7. The molecule has 2 saturated heterocycles. The van der Waals surface area contributed by atoms with Gasteiger partial charge in [0.05, 0.1) is 13.2 Å². The molecule has 0 aromatic rings. The number of carbonyl (C=O) groups is 1. The number of nitrogens with zero attached hydrogens (tertiary/aromatic N) is 3. The van der Waals surface area contributed by atoms with E-state index in [4.69, 9.17) is 4.74 Å². The minimum atomic E-state index is 0. The second-order valence-corrected chi connectivity index (χ2v) is 6.91. The molecule has 0 aliphatic carbocycles. The Labute approximate surface area is 165 Å². The van der Waals surface area contributed by atoms with E-state index < -0.39 is 0 Å². The van der Waals surface area contributed by atoms with Crippen molar-refractivity contribution >= 4 is 30.7 Å². The van der Waals surface area contributed by atoms with Crippen molar-refractivity contribution in [3.05, 3.63) is 0 Å². The van der Waals surface area contributed by atoms with Crippen molar-refractivity contribution in [2.75, 3.05) is 66.1 Å². The number of ether oxygens (including phenoxy) is 1. The summed E-state index contributed by atoms with van der Waals surface area (Å²) in [5, 5.41) is 3.13. The Balaban J connectivity index is 0.00000288. The van der Waals surface area contributed by atoms with E-state index in [9.17, 15) is 4.79 Å². The maximum Gasteiger partial charge on any atom is 0.236 e. The van der Waals surface area contributed by atoms with Crippen molar-refractivity contribution in [1.82, 2.24) is 20.0 Å². The van der Waals surface area contributed by atoms with Crippen LogP contribution in [-0.2, 0) is 9.53 Å². The lowest BCUT2D eigenvalue weighted by atomic mass is 10.2. The molecule has 0 saturated carbocycles. The summed E-state index contributed by atoms with van der Waals surface area (Å²) >= 11 is 0. The van der Waals surface area contributed by atoms with Gasteiger partial charge in [-0.3, -0.25) is 14.6 Å². The van der Waals surface area contributed by atoms with Crippen LogP contribution in [0.4, 0.5) is 0 Å². The number of hydrogen-bond acceptors (Lipinski definition) is 5. The first-order chi connectivity index (χ1) is 11.1. The number of hydrogen-bond donors (Lipinski definition) is 1. The Morgan fingerprint density at radius 2 is 1.64 bits per heavy atom. The first kappa shape index (κ1) is 24.9. The molecule has 2 fully saturated rings. The molecule has 8 heteroatoms. The molecule has 2 aliphatic heterocycles. The normalized spacial score (nSPS) is 24.7. The highest BCUT2D eigenvalue weighted by Gasteiger charge is 2.28. The van der Waals surface area contributed by atoms with Crippen LogP contribution in [0, 0.1) is 0 Å². The summed E-state index contributed by atoms with van der Waals surface area (Å²) in [6.45, 7) is 12.5. The lowest BCUT2D eigenvalue weighted by molar-refractivity contribution is -0.132. The highest BCUT2D eigenvalue weighted by molar-refractivity contribution is 5.85. The maximum absolute atomic E-state index is 12.1. The summed E-state index contributed by atoms with van der Waals surface area (Å²) in [6.07, 6.45) is 2.67. The lowest BCUT2D eigenvalue weighted by Crippen LogP contribution is -2.52. The monoisotopic (exact) mass is 398 g/mol. The van der Waals surface area contributed by atoms with Gasteiger partial charge in [-0.05, 0) is 26.7 Å². The molecule has 1 N–H and O–H groups in total. The van der Waals surface area contributed by atoms with Gasteiger partial charge in [0.25, 0.3) is 0 Å². The third-order valence-electron chi connectivity index (χ3n) is 5.29. The van der Waals surface area contributed by atoms with Gasteiger partial charge in [-0.15, -0.1) is 24.8 Å². The van der Waals surface area contributed by atoms with E-state index in [0.717, 1.165) is 57.9 Å². The summed E-state index contributed by atoms with van der Waals surface area (Å²) in [5.74, 6) is 0.211. The molecule has 25 heavy (non-hydrogen) atoms. The molecule has 2 atom stereocenters. The topological polar surface area (TPSA) is 48.1 Å². The minimum Gasteiger partial charge on any atom is -0.383 e. The number of piperazine rings is 1. The molecule has 2 rings (SSSR count). The van der Waals surface area contributed by atoms with E-state index in [1.807, 2.05) is 4.90 Å². The minimum absolute atomic E-state index is 0. The largest absolute Gasteiger partial charge is 0.383 e. The Bertz CT molecular complexity index is 359. The highest BCUT2D eigenvalue weighted by Crippen LogP contribution is 2.22. The molecule has 2 aliphatic rings. The van der Waals surface area contributed by atoms with Crippen LogP contribution in [0.1, 0.15) is 26.7 Å². The number of nitrogens with one attached hydrogen (secondary N) is 1. The molecule has 1 amide bonds. The van der Waals surface area contributed by atoms with E-state index in [-0.39, 0.29) is 30.7 Å². The Hall–Kier alpha value is -0.110. The van der Waals surface area contributed by atoms with Crippen molar-refractivity contribution in [3.63, 3.8) is 0 Å². The van der Waals surface area contributed by atoms with Crippen molar-refractivity contribution in [3.8, 4) is 0 Å². The molecule has 2 unspecified atom stereocenters. The van der Waals surface area contributed by atoms with Gasteiger partial charge in [0.1, 0.15) is 0 Å². The van der Waals surface area contributed by atoms with Gasteiger partial charge in [-0.1, -0.05) is 0 Å². The number of carbonyl (C=O) groups excluding carboxylic acids is 1. The zero-order valence-electron chi connectivity index (χ0n) is 15.9. The average molecular weight is 399 g/mol. The van der Waals surface area contributed by atoms with Gasteiger partial charge in [0, 0.05) is 65.0 Å². The second-order valence-electron chi connectivity index (χ2n) is 6.91. The van der Waals surface area contributed by atoms with Gasteiger partial charge >= 0.3 is 0 Å². The molecule has 0 bridgehead atoms.